The predicted octanol–water partition coefficient (Wildman–Crippen LogP) is 1.08. The van der Waals surface area contributed by atoms with Gasteiger partial charge >= 0.3 is 5.97 Å². The van der Waals surface area contributed by atoms with Crippen LogP contribution in [0.1, 0.15) is 71.6 Å². The Bertz CT molecular complexity index is 454. The molecule has 0 aromatic carbocycles. The highest BCUT2D eigenvalue weighted by molar-refractivity contribution is 5.91. The van der Waals surface area contributed by atoms with E-state index in [9.17, 15) is 19.2 Å². The van der Waals surface area contributed by atoms with Crippen molar-refractivity contribution in [2.45, 2.75) is 83.7 Å². The number of nitrogens with two attached hydrogens (primary N) is 1. The van der Waals surface area contributed by atoms with E-state index in [1.54, 1.807) is 6.92 Å². The highest BCUT2D eigenvalue weighted by Crippen LogP contribution is 2.06. The molecule has 0 spiro atoms. The summed E-state index contributed by atoms with van der Waals surface area (Å²) in [5.74, 6) is -2.47. The van der Waals surface area contributed by atoms with E-state index in [1.807, 2.05) is 0 Å². The number of nitrogens with one attached hydrogen (secondary N) is 2. The zero-order valence-electron chi connectivity index (χ0n) is 15.2. The predicted molar refractivity (Wildman–Crippen MR) is 93.6 cm³/mol. The maximum absolute atomic E-state index is 12.2. The molecular weight excluding hydrogens is 326 g/mol. The Morgan fingerprint density at radius 3 is 2.20 bits per heavy atom. The molecule has 8 nitrogen and oxygen atoms in total. The molecule has 0 aliphatic carbocycles. The standard InChI is InChI=1S/C17H31N3O5/c1-3-4-5-6-7-8-15(22)20-13(11-14(18)21)17(25)19-12(2)9-10-16(23)24/h12-13H,3-11H2,1-2H3,(H2,18,21)(H,19,25)(H,20,22)(H,23,24)/t12-,13+/m0/s1. The average Bonchev–Trinajstić information content (AvgIpc) is 2.51. The van der Waals surface area contributed by atoms with E-state index in [1.165, 1.54) is 0 Å². The molecule has 25 heavy (non-hydrogen) atoms. The number of carboxylic acid groups (broad SMARTS) is 1. The number of unbranched alkanes of at least 4 members (excludes halogenated alkanes) is 4. The van der Waals surface area contributed by atoms with Gasteiger partial charge in [-0.1, -0.05) is 32.6 Å². The van der Waals surface area contributed by atoms with Gasteiger partial charge in [0.25, 0.3) is 0 Å². The van der Waals surface area contributed by atoms with Gasteiger partial charge < -0.3 is 21.5 Å². The molecule has 0 unspecified atom stereocenters. The largest absolute Gasteiger partial charge is 0.481 e. The summed E-state index contributed by atoms with van der Waals surface area (Å²) in [6.07, 6.45) is 5.17. The van der Waals surface area contributed by atoms with Crippen molar-refractivity contribution < 1.29 is 24.3 Å². The molecule has 8 heteroatoms. The second-order valence-electron chi connectivity index (χ2n) is 6.30. The van der Waals surface area contributed by atoms with Gasteiger partial charge in [-0.2, -0.15) is 0 Å². The van der Waals surface area contributed by atoms with E-state index < -0.39 is 23.8 Å². The van der Waals surface area contributed by atoms with Crippen molar-refractivity contribution in [1.29, 1.82) is 0 Å². The molecule has 2 atom stereocenters. The Morgan fingerprint density at radius 1 is 1.00 bits per heavy atom. The molecule has 0 aromatic heterocycles. The monoisotopic (exact) mass is 357 g/mol. The summed E-state index contributed by atoms with van der Waals surface area (Å²) in [7, 11) is 0. The van der Waals surface area contributed by atoms with Crippen LogP contribution < -0.4 is 16.4 Å². The van der Waals surface area contributed by atoms with E-state index in [4.69, 9.17) is 10.8 Å². The number of carbonyl (C=O) groups is 4. The maximum atomic E-state index is 12.2. The first kappa shape index (κ1) is 22.9. The highest BCUT2D eigenvalue weighted by Gasteiger charge is 2.24. The average molecular weight is 357 g/mol. The second kappa shape index (κ2) is 13.2. The topological polar surface area (TPSA) is 139 Å². The lowest BCUT2D eigenvalue weighted by atomic mass is 10.1. The van der Waals surface area contributed by atoms with Crippen LogP contribution in [-0.4, -0.2) is 40.9 Å². The fourth-order valence-electron chi connectivity index (χ4n) is 2.32. The van der Waals surface area contributed by atoms with Crippen molar-refractivity contribution in [2.24, 2.45) is 5.73 Å². The molecule has 0 bridgehead atoms. The van der Waals surface area contributed by atoms with Crippen LogP contribution in [0.3, 0.4) is 0 Å². The van der Waals surface area contributed by atoms with E-state index in [-0.39, 0.29) is 31.2 Å². The first-order chi connectivity index (χ1) is 11.8. The molecule has 3 amide bonds. The van der Waals surface area contributed by atoms with Gasteiger partial charge in [0.15, 0.2) is 0 Å². The Kier molecular flexibility index (Phi) is 12.1. The molecule has 0 rings (SSSR count). The van der Waals surface area contributed by atoms with Crippen LogP contribution in [0, 0.1) is 0 Å². The van der Waals surface area contributed by atoms with E-state index >= 15 is 0 Å². The van der Waals surface area contributed by atoms with Gasteiger partial charge in [0.05, 0.1) is 6.42 Å². The van der Waals surface area contributed by atoms with Crippen LogP contribution in [0.25, 0.3) is 0 Å². The summed E-state index contributed by atoms with van der Waals surface area (Å²) in [6.45, 7) is 3.77. The number of carboxylic acids is 1. The summed E-state index contributed by atoms with van der Waals surface area (Å²) < 4.78 is 0. The minimum absolute atomic E-state index is 0.0773. The van der Waals surface area contributed by atoms with Gasteiger partial charge in [-0.3, -0.25) is 19.2 Å². The van der Waals surface area contributed by atoms with Crippen molar-refractivity contribution in [3.8, 4) is 0 Å². The zero-order valence-corrected chi connectivity index (χ0v) is 15.2. The SMILES string of the molecule is CCCCCCCC(=O)N[C@H](CC(N)=O)C(=O)N[C@@H](C)CCC(=O)O. The lowest BCUT2D eigenvalue weighted by Crippen LogP contribution is -2.50. The molecule has 5 N–H and O–H groups in total. The first-order valence-corrected chi connectivity index (χ1v) is 8.86. The van der Waals surface area contributed by atoms with Gasteiger partial charge in [0.2, 0.25) is 17.7 Å². The molecule has 144 valence electrons. The van der Waals surface area contributed by atoms with Gasteiger partial charge in [0.1, 0.15) is 6.04 Å². The minimum atomic E-state index is -1.03. The van der Waals surface area contributed by atoms with Gasteiger partial charge in [0, 0.05) is 18.9 Å². The number of hydrogen-bond acceptors (Lipinski definition) is 4. The molecule has 0 saturated heterocycles. The number of aliphatic carboxylic acids is 1. The van der Waals surface area contributed by atoms with Gasteiger partial charge in [-0.05, 0) is 19.8 Å². The van der Waals surface area contributed by atoms with Crippen LogP contribution in [0.2, 0.25) is 0 Å². The van der Waals surface area contributed by atoms with Crippen LogP contribution in [0.5, 0.6) is 0 Å². The highest BCUT2D eigenvalue weighted by atomic mass is 16.4. The van der Waals surface area contributed by atoms with Gasteiger partial charge in [-0.25, -0.2) is 0 Å². The number of primary amides is 1. The van der Waals surface area contributed by atoms with E-state index in [2.05, 4.69) is 17.6 Å². The summed E-state index contributed by atoms with van der Waals surface area (Å²) in [5, 5.41) is 13.8. The Morgan fingerprint density at radius 2 is 1.64 bits per heavy atom. The Balaban J connectivity index is 4.41. The third kappa shape index (κ3) is 12.9. The Labute approximate surface area is 148 Å². The molecule has 0 aliphatic heterocycles. The zero-order chi connectivity index (χ0) is 19.2. The minimum Gasteiger partial charge on any atom is -0.481 e. The third-order valence-electron chi connectivity index (χ3n) is 3.74. The Hall–Kier alpha value is -2.12. The smallest absolute Gasteiger partial charge is 0.303 e. The molecule has 0 fully saturated rings. The first-order valence-electron chi connectivity index (χ1n) is 8.86. The summed E-state index contributed by atoms with van der Waals surface area (Å²) >= 11 is 0. The molecule has 0 aromatic rings. The van der Waals surface area contributed by atoms with Crippen molar-refractivity contribution >= 4 is 23.7 Å². The summed E-state index contributed by atoms with van der Waals surface area (Å²) in [6, 6.07) is -1.42. The molecule has 0 heterocycles. The third-order valence-corrected chi connectivity index (χ3v) is 3.74. The van der Waals surface area contributed by atoms with Crippen molar-refractivity contribution in [3.05, 3.63) is 0 Å². The number of amides is 3. The normalized spacial score (nSPS) is 12.9. The van der Waals surface area contributed by atoms with Crippen LogP contribution in [-0.2, 0) is 19.2 Å². The second-order valence-corrected chi connectivity index (χ2v) is 6.30. The summed E-state index contributed by atoms with van der Waals surface area (Å²) in [4.78, 5) is 45.8. The van der Waals surface area contributed by atoms with Crippen LogP contribution in [0.4, 0.5) is 0 Å². The van der Waals surface area contributed by atoms with E-state index in [0.717, 1.165) is 32.1 Å². The van der Waals surface area contributed by atoms with Crippen molar-refractivity contribution in [3.63, 3.8) is 0 Å². The quantitative estimate of drug-likeness (QED) is 0.345. The number of rotatable bonds is 14. The number of carbonyl (C=O) groups excluding carboxylic acids is 3. The van der Waals surface area contributed by atoms with Crippen LogP contribution in [0.15, 0.2) is 0 Å². The van der Waals surface area contributed by atoms with Crippen molar-refractivity contribution in [1.82, 2.24) is 10.6 Å². The molecule has 0 saturated carbocycles. The van der Waals surface area contributed by atoms with Gasteiger partial charge in [-0.15, -0.1) is 0 Å². The van der Waals surface area contributed by atoms with Crippen LogP contribution >= 0.6 is 0 Å². The maximum Gasteiger partial charge on any atom is 0.303 e. The lowest BCUT2D eigenvalue weighted by Gasteiger charge is -2.20. The molecule has 0 aliphatic rings. The molecular formula is C17H31N3O5. The summed E-state index contributed by atoms with van der Waals surface area (Å²) in [5.41, 5.74) is 5.14. The molecule has 0 radical (unpaired) electrons. The number of hydrogen-bond donors (Lipinski definition) is 4. The fourth-order valence-corrected chi connectivity index (χ4v) is 2.32. The van der Waals surface area contributed by atoms with Crippen molar-refractivity contribution in [2.75, 3.05) is 0 Å². The fraction of sp³-hybridized carbons (Fsp3) is 0.765. The van der Waals surface area contributed by atoms with E-state index in [0.29, 0.717) is 6.42 Å². The lowest BCUT2D eigenvalue weighted by molar-refractivity contribution is -0.137.